The van der Waals surface area contributed by atoms with Crippen LogP contribution in [0.2, 0.25) is 0 Å². The molecule has 0 aromatic heterocycles. The fourth-order valence-electron chi connectivity index (χ4n) is 11.3. The zero-order valence-corrected chi connectivity index (χ0v) is 59.5. The second-order valence-corrected chi connectivity index (χ2v) is 25.7. The average molecular weight is 1580 g/mol. The van der Waals surface area contributed by atoms with Gasteiger partial charge in [0.05, 0.1) is 85.3 Å². The third-order valence-electron chi connectivity index (χ3n) is 17.6. The van der Waals surface area contributed by atoms with E-state index >= 15 is 0 Å². The maximum Gasteiger partial charge on any atom is 0.260 e. The molecule has 108 heavy (non-hydrogen) atoms. The molecule has 6 heterocycles. The van der Waals surface area contributed by atoms with Gasteiger partial charge in [0.1, 0.15) is 179 Å². The van der Waals surface area contributed by atoms with Gasteiger partial charge in [0.25, 0.3) is 5.91 Å². The smallest absolute Gasteiger partial charge is 0.260 e. The largest absolute Gasteiger partial charge is 0.394 e. The number of ketones is 2. The quantitative estimate of drug-likeness (QED) is 0.0199. The van der Waals surface area contributed by atoms with Gasteiger partial charge in [-0.15, -0.1) is 0 Å². The van der Waals surface area contributed by atoms with E-state index in [4.69, 9.17) is 81.5 Å². The highest BCUT2D eigenvalue weighted by atomic mass is 16.8. The molecule has 3 amide bonds. The van der Waals surface area contributed by atoms with E-state index in [1.54, 1.807) is 6.92 Å². The highest BCUT2D eigenvalue weighted by Gasteiger charge is 2.55. The Morgan fingerprint density at radius 2 is 0.750 bits per heavy atom. The van der Waals surface area contributed by atoms with Crippen LogP contribution in [0.4, 0.5) is 0 Å². The van der Waals surface area contributed by atoms with Crippen LogP contribution in [0, 0.1) is 0 Å². The second kappa shape index (κ2) is 49.1. The van der Waals surface area contributed by atoms with E-state index in [9.17, 15) is 126 Å². The normalized spacial score (nSPS) is 37.5. The monoisotopic (exact) mass is 1580 g/mol. The van der Waals surface area contributed by atoms with E-state index in [1.807, 2.05) is 0 Å². The molecule has 46 heteroatoms. The summed E-state index contributed by atoms with van der Waals surface area (Å²) >= 11 is 0. The van der Waals surface area contributed by atoms with Crippen LogP contribution in [-0.4, -0.2) is 447 Å². The Bertz CT molecular complexity index is 2570. The molecule has 0 spiro atoms. The van der Waals surface area contributed by atoms with Gasteiger partial charge in [-0.1, -0.05) is 6.42 Å². The third kappa shape index (κ3) is 28.6. The lowest BCUT2D eigenvalue weighted by Gasteiger charge is -2.46. The number of aliphatic hydroxyl groups excluding tert-OH is 20. The molecule has 0 unspecified atom stereocenters. The fourth-order valence-corrected chi connectivity index (χ4v) is 11.3. The van der Waals surface area contributed by atoms with Gasteiger partial charge in [-0.25, -0.2) is 5.43 Å². The summed E-state index contributed by atoms with van der Waals surface area (Å²) in [5.74, 6) is -1.80. The maximum atomic E-state index is 12.3. The van der Waals surface area contributed by atoms with E-state index in [0.717, 1.165) is 6.42 Å². The van der Waals surface area contributed by atoms with Gasteiger partial charge in [-0.2, -0.15) is 0 Å². The fraction of sp³-hybridized carbons (Fsp3) is 0.919. The highest BCUT2D eigenvalue weighted by Crippen LogP contribution is 2.34. The first-order valence-electron chi connectivity index (χ1n) is 35.1. The van der Waals surface area contributed by atoms with E-state index < -0.39 is 248 Å². The summed E-state index contributed by atoms with van der Waals surface area (Å²) in [6, 6.07) is -0.559. The topological polar surface area (TPSA) is 712 Å². The van der Waals surface area contributed by atoms with Crippen molar-refractivity contribution in [3.05, 3.63) is 0 Å². The molecular weight excluding hydrogens is 1470 g/mol. The number of likely N-dealkylation sites (N-methyl/N-ethyl adjacent to an activating group) is 1. The number of hydrogen-bond donors (Lipinski definition) is 25. The van der Waals surface area contributed by atoms with Crippen LogP contribution in [-0.2, 0) is 99.8 Å². The summed E-state index contributed by atoms with van der Waals surface area (Å²) in [4.78, 5) is 59.6. The molecule has 0 aromatic rings. The van der Waals surface area contributed by atoms with E-state index in [1.165, 1.54) is 6.92 Å². The zero-order valence-electron chi connectivity index (χ0n) is 59.5. The van der Waals surface area contributed by atoms with Gasteiger partial charge < -0.3 is 194 Å². The Balaban J connectivity index is 0.000000391. The number of nitrogens with one attached hydrogen (secondary N) is 4. The number of carbonyl (C=O) groups excluding carboxylic acids is 5. The zero-order chi connectivity index (χ0) is 79.9. The van der Waals surface area contributed by atoms with Crippen molar-refractivity contribution in [2.24, 2.45) is 5.73 Å². The van der Waals surface area contributed by atoms with Crippen LogP contribution in [0.5, 0.6) is 0 Å². The van der Waals surface area contributed by atoms with Gasteiger partial charge >= 0.3 is 0 Å². The minimum Gasteiger partial charge on any atom is -0.394 e. The number of hydrogen-bond acceptors (Lipinski definition) is 43. The number of unbranched alkanes of at least 4 members (excludes halogenated alkanes) is 1. The van der Waals surface area contributed by atoms with Crippen LogP contribution in [0.15, 0.2) is 0 Å². The lowest BCUT2D eigenvalue weighted by Crippen LogP contribution is -2.65. The van der Waals surface area contributed by atoms with Crippen LogP contribution >= 0.6 is 0 Å². The average Bonchev–Trinajstić information content (AvgIpc) is 0.776. The minimum atomic E-state index is -1.92. The number of nitrogens with two attached hydrogens (primary N) is 1. The van der Waals surface area contributed by atoms with Crippen molar-refractivity contribution in [1.29, 1.82) is 0 Å². The van der Waals surface area contributed by atoms with Gasteiger partial charge in [0, 0.05) is 19.5 Å². The maximum absolute atomic E-state index is 12.3. The van der Waals surface area contributed by atoms with Crippen molar-refractivity contribution in [3.8, 4) is 0 Å². The minimum absolute atomic E-state index is 0.000347. The van der Waals surface area contributed by atoms with Crippen LogP contribution in [0.3, 0.4) is 0 Å². The molecular formula is C62H111N5O41. The van der Waals surface area contributed by atoms with Gasteiger partial charge in [0.2, 0.25) is 11.8 Å². The standard InChI is InChI=1S/C33H60N4O21.C29H51NO20/c1-15(40)16(4-2-3-5-34)36-37-21(42)14-52-9-8-51-13-20(41)35-6-7-53-32-29(50)30(58-33-28(49)26(47)23(44)18(11-39)56-33)24(45)19(57-32)12-54-31-27(48)25(46)22(43)17(10-38)55-31;1-2-30-17(34)12-44-7-6-43-10-13(33)4-3-5-45-28-25(42)26(50-29-24(41)22(39)19(36)15(9-32)48-29)20(37)16(49-28)11-46-27-23(40)21(38)18(35)14(8-31)47-27/h16-19,22-33,36,38-39,43-50H,2-14,34H2,1H3,(H,35,41)(H,37,42);14-16,18-29,31-32,35-42H,2-12H2,1H3,(H,30,34)/t16-,17+,18+,19+,22+,23+,24+,25-,26-,27-,28-,29-,30-,31-,32+,33+;14-,15-,16-,18-,19-,20-,21+,22+,23+,24+,25+,26+,27+,28-,29-/m01/s1. The molecule has 0 radical (unpaired) electrons. The molecule has 6 aliphatic heterocycles. The van der Waals surface area contributed by atoms with Gasteiger partial charge in [0.15, 0.2) is 43.5 Å². The molecule has 6 rings (SSSR count). The summed E-state index contributed by atoms with van der Waals surface area (Å²) < 4.78 is 87.0. The van der Waals surface area contributed by atoms with Gasteiger partial charge in [-0.05, 0) is 39.7 Å². The van der Waals surface area contributed by atoms with Gasteiger partial charge in [-0.3, -0.25) is 29.4 Å². The number of rotatable bonds is 45. The third-order valence-corrected chi connectivity index (χ3v) is 17.6. The summed E-state index contributed by atoms with van der Waals surface area (Å²) in [6.07, 6.45) is -48.3. The van der Waals surface area contributed by atoms with Crippen LogP contribution in [0.1, 0.15) is 46.0 Å². The number of carbonyl (C=O) groups is 5. The lowest BCUT2D eigenvalue weighted by molar-refractivity contribution is -0.366. The SMILES string of the molecule is CC(=O)[C@H](CCCCN)NNC(=O)COCCOCC(=O)NCCO[C@@H]1O[C@H](CO[C@H]2O[C@H](CO)[C@@H](O)[C@H](O)[C@@H]2O)[C@@H](O)[C@H](O[C@H]2O[C@H](CO)[C@@H](O)[C@H](O)[C@@H]2O)[C@@H]1O.CCNC(=O)COCCOCC(=O)CCCO[C@@H]1O[C@H](CO[C@H]2O[C@H](CO)[C@@H](O)[C@H](O)[C@@H]2O)[C@@H](O)[C@H](O[C@H]2O[C@H](CO)[C@@H](O)[C@H](O)[C@@H]2O)[C@@H]1O. The molecule has 0 saturated carbocycles. The predicted molar refractivity (Wildman–Crippen MR) is 348 cm³/mol. The Kier molecular flexibility index (Phi) is 43.1. The molecule has 31 atom stereocenters. The van der Waals surface area contributed by atoms with Crippen molar-refractivity contribution < 1.29 is 202 Å². The molecule has 6 aliphatic rings. The molecule has 46 nitrogen and oxygen atoms in total. The van der Waals surface area contributed by atoms with Crippen molar-refractivity contribution in [3.63, 3.8) is 0 Å². The Hall–Kier alpha value is -3.77. The van der Waals surface area contributed by atoms with Crippen LogP contribution in [0.25, 0.3) is 0 Å². The first-order chi connectivity index (χ1) is 51.5. The summed E-state index contributed by atoms with van der Waals surface area (Å²) in [5, 5.41) is 210. The summed E-state index contributed by atoms with van der Waals surface area (Å²) in [7, 11) is 0. The molecule has 0 bridgehead atoms. The van der Waals surface area contributed by atoms with Crippen molar-refractivity contribution in [2.45, 2.75) is 236 Å². The Labute approximate surface area is 618 Å². The Morgan fingerprint density at radius 3 is 1.15 bits per heavy atom. The molecule has 0 aromatic carbocycles. The molecule has 6 saturated heterocycles. The Morgan fingerprint density at radius 1 is 0.389 bits per heavy atom. The van der Waals surface area contributed by atoms with Crippen molar-refractivity contribution >= 4 is 29.3 Å². The summed E-state index contributed by atoms with van der Waals surface area (Å²) in [5.41, 5.74) is 10.5. The lowest BCUT2D eigenvalue weighted by atomic mass is 9.96. The first-order valence-corrected chi connectivity index (χ1v) is 35.1. The molecule has 0 aliphatic carbocycles. The number of amides is 3. The number of ether oxygens (including phenoxy) is 16. The molecule has 6 fully saturated rings. The molecule has 630 valence electrons. The van der Waals surface area contributed by atoms with Crippen molar-refractivity contribution in [2.75, 3.05) is 125 Å². The molecule has 26 N–H and O–H groups in total. The number of aliphatic hydroxyl groups is 20. The predicted octanol–water partition coefficient (Wildman–Crippen LogP) is -15.7. The van der Waals surface area contributed by atoms with Crippen LogP contribution < -0.4 is 27.2 Å². The summed E-state index contributed by atoms with van der Waals surface area (Å²) in [6.45, 7) is -1.81. The number of hydrazine groups is 1. The second-order valence-electron chi connectivity index (χ2n) is 25.7. The highest BCUT2D eigenvalue weighted by molar-refractivity contribution is 5.82. The van der Waals surface area contributed by atoms with Crippen molar-refractivity contribution in [1.82, 2.24) is 21.5 Å². The van der Waals surface area contributed by atoms with E-state index in [-0.39, 0.29) is 96.3 Å². The number of Topliss-reactive ketones (excluding diaryl/α,β-unsaturated/α-hetero) is 2. The van der Waals surface area contributed by atoms with E-state index in [2.05, 4.69) is 21.5 Å². The van der Waals surface area contributed by atoms with E-state index in [0.29, 0.717) is 25.9 Å². The first kappa shape index (κ1) is 94.8.